The van der Waals surface area contributed by atoms with Gasteiger partial charge in [-0.05, 0) is 104 Å². The summed E-state index contributed by atoms with van der Waals surface area (Å²) in [6.45, 7) is 14.2. The summed E-state index contributed by atoms with van der Waals surface area (Å²) in [7, 11) is -4.04. The summed E-state index contributed by atoms with van der Waals surface area (Å²) in [5.74, 6) is -0.153. The predicted octanol–water partition coefficient (Wildman–Crippen LogP) is 8.40. The van der Waals surface area contributed by atoms with Crippen LogP contribution in [0.1, 0.15) is 71.3 Å². The Morgan fingerprint density at radius 2 is 1.65 bits per heavy atom. The van der Waals surface area contributed by atoms with E-state index < -0.39 is 39.5 Å². The molecule has 1 aliphatic rings. The summed E-state index contributed by atoms with van der Waals surface area (Å²) in [5.41, 5.74) is 2.55. The largest absolute Gasteiger partial charge is 0.498 e. The number of rotatable bonds is 11. The molecule has 7 rings (SSSR count). The van der Waals surface area contributed by atoms with Crippen molar-refractivity contribution in [3.63, 3.8) is 0 Å². The smallest absolute Gasteiger partial charge is 0.413 e. The van der Waals surface area contributed by atoms with E-state index in [4.69, 9.17) is 28.9 Å². The van der Waals surface area contributed by atoms with E-state index >= 15 is 0 Å². The van der Waals surface area contributed by atoms with E-state index in [9.17, 15) is 18.0 Å². The molecule has 0 aliphatic carbocycles. The third kappa shape index (κ3) is 9.23. The first-order valence-electron chi connectivity index (χ1n) is 19.6. The lowest BCUT2D eigenvalue weighted by molar-refractivity contribution is 0.0487. The second kappa shape index (κ2) is 16.3. The van der Waals surface area contributed by atoms with Gasteiger partial charge in [-0.1, -0.05) is 36.4 Å². The Labute approximate surface area is 348 Å². The number of anilines is 1. The number of aromatic amines is 1. The Morgan fingerprint density at radius 3 is 2.35 bits per heavy atom. The van der Waals surface area contributed by atoms with E-state index in [0.717, 1.165) is 20.6 Å². The van der Waals surface area contributed by atoms with Crippen molar-refractivity contribution >= 4 is 49.8 Å². The second-order valence-corrected chi connectivity index (χ2v) is 18.4. The molecule has 0 saturated carbocycles. The van der Waals surface area contributed by atoms with Gasteiger partial charge in [0.2, 0.25) is 0 Å². The normalized spacial score (nSPS) is 16.1. The van der Waals surface area contributed by atoms with Gasteiger partial charge in [0.05, 0.1) is 46.4 Å². The average Bonchev–Trinajstić information content (AvgIpc) is 3.89. The van der Waals surface area contributed by atoms with Crippen molar-refractivity contribution in [2.75, 3.05) is 11.9 Å². The van der Waals surface area contributed by atoms with Gasteiger partial charge in [0.25, 0.3) is 10.0 Å². The molecule has 0 saturated heterocycles. The zero-order valence-electron chi connectivity index (χ0n) is 34.8. The maximum absolute atomic E-state index is 13.7. The van der Waals surface area contributed by atoms with Crippen molar-refractivity contribution in [3.8, 4) is 17.0 Å². The first kappa shape index (κ1) is 41.7. The van der Waals surface area contributed by atoms with Crippen LogP contribution in [0, 0.1) is 6.92 Å². The molecule has 0 radical (unpaired) electrons. The molecule has 4 aromatic heterocycles. The topological polar surface area (TPSA) is 189 Å². The Hall–Kier alpha value is -6.42. The van der Waals surface area contributed by atoms with Gasteiger partial charge in [-0.2, -0.15) is 17.6 Å². The molecule has 3 atom stereocenters. The van der Waals surface area contributed by atoms with Crippen molar-refractivity contribution in [2.24, 2.45) is 0 Å². The Morgan fingerprint density at radius 1 is 0.950 bits per heavy atom. The lowest BCUT2D eigenvalue weighted by atomic mass is 9.94. The monoisotopic (exact) mass is 835 g/mol. The van der Waals surface area contributed by atoms with E-state index in [2.05, 4.69) is 20.7 Å². The van der Waals surface area contributed by atoms with Crippen LogP contribution in [0.4, 0.5) is 15.4 Å². The van der Waals surface area contributed by atoms with E-state index in [0.29, 0.717) is 40.0 Å². The van der Waals surface area contributed by atoms with Crippen molar-refractivity contribution in [1.29, 1.82) is 0 Å². The van der Waals surface area contributed by atoms with Crippen LogP contribution in [0.2, 0.25) is 0 Å². The number of amides is 2. The molecule has 1 aliphatic heterocycles. The number of hydrogen-bond acceptors (Lipinski definition) is 11. The third-order valence-electron chi connectivity index (χ3n) is 9.60. The zero-order chi connectivity index (χ0) is 43.0. The average molecular weight is 836 g/mol. The van der Waals surface area contributed by atoms with Crippen molar-refractivity contribution in [2.45, 2.75) is 96.0 Å². The minimum atomic E-state index is -4.04. The maximum atomic E-state index is 13.7. The number of H-pyrrole nitrogens is 1. The van der Waals surface area contributed by atoms with E-state index in [1.165, 1.54) is 18.3 Å². The van der Waals surface area contributed by atoms with E-state index in [1.807, 2.05) is 43.5 Å². The molecule has 314 valence electrons. The van der Waals surface area contributed by atoms with Crippen LogP contribution in [0.5, 0.6) is 5.75 Å². The number of carbonyl (C=O) groups excluding carboxylic acids is 2. The van der Waals surface area contributed by atoms with Gasteiger partial charge < -0.3 is 29.2 Å². The van der Waals surface area contributed by atoms with Gasteiger partial charge in [-0.15, -0.1) is 0 Å². The number of pyridine rings is 2. The van der Waals surface area contributed by atoms with Crippen LogP contribution in [0.25, 0.3) is 33.1 Å². The summed E-state index contributed by atoms with van der Waals surface area (Å²) < 4.78 is 52.0. The van der Waals surface area contributed by atoms with Crippen LogP contribution >= 0.6 is 0 Å². The highest BCUT2D eigenvalue weighted by Gasteiger charge is 2.31. The number of benzene rings is 2. The molecule has 2 unspecified atom stereocenters. The maximum Gasteiger partial charge on any atom is 0.413 e. The molecule has 2 aromatic carbocycles. The lowest BCUT2D eigenvalue weighted by Gasteiger charge is -2.25. The summed E-state index contributed by atoms with van der Waals surface area (Å²) in [6.07, 6.45) is 5.48. The fourth-order valence-electron chi connectivity index (χ4n) is 6.92. The van der Waals surface area contributed by atoms with Gasteiger partial charge in [0.1, 0.15) is 29.4 Å². The molecule has 0 spiro atoms. The van der Waals surface area contributed by atoms with Crippen molar-refractivity contribution in [1.82, 2.24) is 29.5 Å². The number of hydrogen-bond donors (Lipinski definition) is 3. The quantitative estimate of drug-likeness (QED) is 0.114. The Kier molecular flexibility index (Phi) is 11.4. The fraction of sp³-hybridized carbons (Fsp3) is 0.341. The number of aromatic nitrogens is 5. The van der Waals surface area contributed by atoms with Crippen molar-refractivity contribution < 1.29 is 37.0 Å². The molecular formula is C44H49N7O8S. The number of carbonyl (C=O) groups is 2. The molecule has 3 N–H and O–H groups in total. The van der Waals surface area contributed by atoms with Crippen molar-refractivity contribution in [3.05, 3.63) is 108 Å². The van der Waals surface area contributed by atoms with Crippen LogP contribution in [-0.4, -0.2) is 74.7 Å². The van der Waals surface area contributed by atoms with Gasteiger partial charge in [-0.3, -0.25) is 10.3 Å². The molecular weight excluding hydrogens is 787 g/mol. The molecule has 0 bridgehead atoms. The van der Waals surface area contributed by atoms with Gasteiger partial charge in [0, 0.05) is 28.0 Å². The van der Waals surface area contributed by atoms with E-state index in [1.54, 1.807) is 85.1 Å². The Bertz CT molecular complexity index is 2700. The first-order valence-corrected chi connectivity index (χ1v) is 21.0. The number of fused-ring (bicyclic) bond motifs is 2. The van der Waals surface area contributed by atoms with Crippen LogP contribution in [0.15, 0.2) is 96.4 Å². The number of nitrogens with one attached hydrogen (secondary N) is 3. The summed E-state index contributed by atoms with van der Waals surface area (Å²) in [4.78, 5) is 39.7. The van der Waals surface area contributed by atoms with Crippen LogP contribution in [-0.2, 0) is 30.7 Å². The number of nitrogens with zero attached hydrogens (tertiary/aromatic N) is 4. The van der Waals surface area contributed by atoms with E-state index in [-0.39, 0.29) is 35.1 Å². The molecule has 5 heterocycles. The zero-order valence-corrected chi connectivity index (χ0v) is 35.6. The minimum absolute atomic E-state index is 0.0673. The van der Waals surface area contributed by atoms with Crippen LogP contribution in [0.3, 0.4) is 0 Å². The second-order valence-electron chi connectivity index (χ2n) is 16.6. The summed E-state index contributed by atoms with van der Waals surface area (Å²) in [5, 5.41) is 11.7. The van der Waals surface area contributed by atoms with Crippen LogP contribution < -0.4 is 15.4 Å². The SMILES string of the molecule is Cc1nn(S(=O)(=O)c2ccccc2)c2cnc(-c3cc(OC[C@H](Cc4c[nH]c5ccccc45)NC(=O)OC(C)(C)C)c(NC(=O)OC(C)(C)C)nc3C3C=COC3C)cc12. The number of alkyl carbamates (subject to hydrolysis) is 1. The minimum Gasteiger partial charge on any atom is -0.498 e. The summed E-state index contributed by atoms with van der Waals surface area (Å²) in [6, 6.07) is 18.8. The van der Waals surface area contributed by atoms with Gasteiger partial charge in [0.15, 0.2) is 11.6 Å². The molecule has 6 aromatic rings. The van der Waals surface area contributed by atoms with Gasteiger partial charge in [-0.25, -0.2) is 14.6 Å². The highest BCUT2D eigenvalue weighted by molar-refractivity contribution is 7.90. The van der Waals surface area contributed by atoms with Gasteiger partial charge >= 0.3 is 12.2 Å². The molecule has 2 amide bonds. The number of ether oxygens (including phenoxy) is 4. The molecule has 60 heavy (non-hydrogen) atoms. The number of para-hydroxylation sites is 1. The summed E-state index contributed by atoms with van der Waals surface area (Å²) >= 11 is 0. The Balaban J connectivity index is 1.32. The lowest BCUT2D eigenvalue weighted by Crippen LogP contribution is -2.43. The fourth-order valence-corrected chi connectivity index (χ4v) is 8.25. The third-order valence-corrected chi connectivity index (χ3v) is 11.2. The standard InChI is InChI=1S/C44H49N7O8S/c1-26-33-21-36(46-24-37(33)51(50-26)60(54,55)30-14-10-9-11-15-30)34-22-38(40(49-42(53)59-44(6,7)8)48-39(34)31-18-19-56-27(31)2)57-25-29(47-41(52)58-43(3,4)5)20-28-23-45-35-17-13-12-16-32(28)35/h9-19,21-24,27,29,31,45H,20,25H2,1-8H3,(H,47,52)(H,48,49,53)/t27?,29-,31?/m0/s1. The highest BCUT2D eigenvalue weighted by Crippen LogP contribution is 2.40. The number of aryl methyl sites for hydroxylation is 1. The highest BCUT2D eigenvalue weighted by atomic mass is 32.2. The first-order chi connectivity index (χ1) is 28.4. The predicted molar refractivity (Wildman–Crippen MR) is 227 cm³/mol. The molecule has 15 nitrogen and oxygen atoms in total. The molecule has 0 fully saturated rings. The molecule has 16 heteroatoms.